The lowest BCUT2D eigenvalue weighted by molar-refractivity contribution is -0.143. The standard InChI is InChI=1S/C10H10N4O2/c1-16-9(15)10(3-4-10)8-13-12-7-2-5-11-6-14(7)8/h2,5-6H,3-4H2,1H3. The van der Waals surface area contributed by atoms with Crippen LogP contribution in [0.3, 0.4) is 0 Å². The molecule has 0 atom stereocenters. The van der Waals surface area contributed by atoms with Gasteiger partial charge >= 0.3 is 5.97 Å². The highest BCUT2D eigenvalue weighted by Crippen LogP contribution is 2.48. The molecule has 0 bridgehead atoms. The number of nitrogens with zero attached hydrogens (tertiary/aromatic N) is 4. The Morgan fingerprint density at radius 1 is 1.50 bits per heavy atom. The zero-order chi connectivity index (χ0) is 11.2. The van der Waals surface area contributed by atoms with Gasteiger partial charge in [-0.15, -0.1) is 10.2 Å². The zero-order valence-electron chi connectivity index (χ0n) is 8.75. The highest BCUT2D eigenvalue weighted by atomic mass is 16.5. The summed E-state index contributed by atoms with van der Waals surface area (Å²) >= 11 is 0. The fourth-order valence-corrected chi connectivity index (χ4v) is 1.91. The number of carbonyl (C=O) groups excluding carboxylic acids is 1. The molecular weight excluding hydrogens is 208 g/mol. The van der Waals surface area contributed by atoms with Crippen LogP contribution in [-0.2, 0) is 14.9 Å². The Hall–Kier alpha value is -1.98. The van der Waals surface area contributed by atoms with Gasteiger partial charge in [0.2, 0.25) is 0 Å². The van der Waals surface area contributed by atoms with Gasteiger partial charge in [0.1, 0.15) is 11.7 Å². The molecule has 1 fully saturated rings. The zero-order valence-corrected chi connectivity index (χ0v) is 8.75. The van der Waals surface area contributed by atoms with Crippen LogP contribution in [0.25, 0.3) is 5.65 Å². The van der Waals surface area contributed by atoms with Crippen molar-refractivity contribution in [2.24, 2.45) is 0 Å². The van der Waals surface area contributed by atoms with E-state index >= 15 is 0 Å². The maximum Gasteiger partial charge on any atom is 0.319 e. The molecule has 0 N–H and O–H groups in total. The van der Waals surface area contributed by atoms with Crippen molar-refractivity contribution in [2.75, 3.05) is 7.11 Å². The summed E-state index contributed by atoms with van der Waals surface area (Å²) < 4.78 is 6.55. The van der Waals surface area contributed by atoms with Crippen molar-refractivity contribution in [1.29, 1.82) is 0 Å². The Kier molecular flexibility index (Phi) is 1.74. The van der Waals surface area contributed by atoms with Gasteiger partial charge in [0.15, 0.2) is 11.5 Å². The molecule has 2 heterocycles. The quantitative estimate of drug-likeness (QED) is 0.679. The third-order valence-electron chi connectivity index (χ3n) is 2.97. The van der Waals surface area contributed by atoms with E-state index in [1.165, 1.54) is 7.11 Å². The second-order valence-electron chi connectivity index (χ2n) is 3.91. The van der Waals surface area contributed by atoms with Crippen LogP contribution in [0.1, 0.15) is 18.7 Å². The van der Waals surface area contributed by atoms with E-state index < -0.39 is 5.41 Å². The molecule has 0 radical (unpaired) electrons. The summed E-state index contributed by atoms with van der Waals surface area (Å²) in [5, 5.41) is 8.08. The Morgan fingerprint density at radius 3 is 3.00 bits per heavy atom. The number of rotatable bonds is 2. The highest BCUT2D eigenvalue weighted by molar-refractivity contribution is 5.85. The minimum Gasteiger partial charge on any atom is -0.468 e. The first kappa shape index (κ1) is 9.26. The van der Waals surface area contributed by atoms with Crippen LogP contribution in [0.4, 0.5) is 0 Å². The lowest BCUT2D eigenvalue weighted by atomic mass is 10.1. The van der Waals surface area contributed by atoms with Gasteiger partial charge in [0.05, 0.1) is 7.11 Å². The van der Waals surface area contributed by atoms with E-state index in [-0.39, 0.29) is 5.97 Å². The van der Waals surface area contributed by atoms with Crippen LogP contribution in [0, 0.1) is 0 Å². The smallest absolute Gasteiger partial charge is 0.319 e. The minimum atomic E-state index is -0.600. The van der Waals surface area contributed by atoms with E-state index in [9.17, 15) is 4.79 Å². The first-order valence-corrected chi connectivity index (χ1v) is 5.01. The lowest BCUT2D eigenvalue weighted by Gasteiger charge is -2.09. The summed E-state index contributed by atoms with van der Waals surface area (Å²) in [6.45, 7) is 0. The fraction of sp³-hybridized carbons (Fsp3) is 0.400. The van der Waals surface area contributed by atoms with Crippen molar-refractivity contribution in [3.05, 3.63) is 24.4 Å². The summed E-state index contributed by atoms with van der Waals surface area (Å²) in [7, 11) is 1.39. The van der Waals surface area contributed by atoms with Gasteiger partial charge in [-0.3, -0.25) is 9.20 Å². The van der Waals surface area contributed by atoms with Crippen molar-refractivity contribution in [3.63, 3.8) is 0 Å². The second-order valence-corrected chi connectivity index (χ2v) is 3.91. The molecule has 6 nitrogen and oxygen atoms in total. The molecule has 0 spiro atoms. The number of ether oxygens (including phenoxy) is 1. The van der Waals surface area contributed by atoms with Crippen LogP contribution >= 0.6 is 0 Å². The minimum absolute atomic E-state index is 0.245. The maximum absolute atomic E-state index is 11.7. The largest absolute Gasteiger partial charge is 0.468 e. The second kappa shape index (κ2) is 3.01. The average molecular weight is 218 g/mol. The number of esters is 1. The molecule has 0 amide bonds. The molecular formula is C10H10N4O2. The van der Waals surface area contributed by atoms with Gasteiger partial charge in [0.25, 0.3) is 0 Å². The fourth-order valence-electron chi connectivity index (χ4n) is 1.91. The predicted octanol–water partition coefficient (Wildman–Crippen LogP) is 0.329. The molecule has 16 heavy (non-hydrogen) atoms. The van der Waals surface area contributed by atoms with Crippen LogP contribution in [-0.4, -0.2) is 32.7 Å². The van der Waals surface area contributed by atoms with Gasteiger partial charge in [-0.1, -0.05) is 0 Å². The maximum atomic E-state index is 11.7. The first-order chi connectivity index (χ1) is 7.78. The Bertz CT molecular complexity index is 559. The number of hydrogen-bond donors (Lipinski definition) is 0. The van der Waals surface area contributed by atoms with E-state index in [1.54, 1.807) is 23.0 Å². The number of fused-ring (bicyclic) bond motifs is 1. The van der Waals surface area contributed by atoms with Gasteiger partial charge < -0.3 is 4.74 Å². The van der Waals surface area contributed by atoms with Crippen LogP contribution < -0.4 is 0 Å². The molecule has 3 rings (SSSR count). The number of carbonyl (C=O) groups is 1. The normalized spacial score (nSPS) is 17.3. The molecule has 2 aromatic heterocycles. The number of methoxy groups -OCH3 is 1. The van der Waals surface area contributed by atoms with Crippen molar-refractivity contribution in [1.82, 2.24) is 19.6 Å². The van der Waals surface area contributed by atoms with Gasteiger partial charge in [-0.25, -0.2) is 4.98 Å². The first-order valence-electron chi connectivity index (χ1n) is 5.01. The molecule has 2 aromatic rings. The van der Waals surface area contributed by atoms with Crippen molar-refractivity contribution in [3.8, 4) is 0 Å². The Balaban J connectivity index is 2.16. The summed E-state index contributed by atoms with van der Waals surface area (Å²) in [5.41, 5.74) is 0.0946. The van der Waals surface area contributed by atoms with E-state index in [0.717, 1.165) is 12.8 Å². The molecule has 0 unspecified atom stereocenters. The molecule has 1 aliphatic rings. The monoisotopic (exact) mass is 218 g/mol. The van der Waals surface area contributed by atoms with E-state index in [4.69, 9.17) is 4.74 Å². The Morgan fingerprint density at radius 2 is 2.31 bits per heavy atom. The van der Waals surface area contributed by atoms with Gasteiger partial charge in [-0.05, 0) is 12.8 Å². The van der Waals surface area contributed by atoms with Gasteiger partial charge in [0, 0.05) is 12.3 Å². The highest BCUT2D eigenvalue weighted by Gasteiger charge is 2.56. The number of aromatic nitrogens is 4. The van der Waals surface area contributed by atoms with E-state index in [2.05, 4.69) is 15.2 Å². The van der Waals surface area contributed by atoms with Crippen molar-refractivity contribution >= 4 is 11.6 Å². The molecule has 1 saturated carbocycles. The molecule has 1 aliphatic carbocycles. The Labute approximate surface area is 91.3 Å². The summed E-state index contributed by atoms with van der Waals surface area (Å²) in [6.07, 6.45) is 4.78. The summed E-state index contributed by atoms with van der Waals surface area (Å²) in [4.78, 5) is 15.7. The summed E-state index contributed by atoms with van der Waals surface area (Å²) in [5.74, 6) is 0.383. The predicted molar refractivity (Wildman–Crippen MR) is 53.7 cm³/mol. The SMILES string of the molecule is COC(=O)C1(c2nnc3ccncn23)CC1. The molecule has 0 saturated heterocycles. The van der Waals surface area contributed by atoms with Crippen molar-refractivity contribution in [2.45, 2.75) is 18.3 Å². The molecule has 82 valence electrons. The van der Waals surface area contributed by atoms with Gasteiger partial charge in [-0.2, -0.15) is 0 Å². The van der Waals surface area contributed by atoms with Crippen LogP contribution in [0.2, 0.25) is 0 Å². The average Bonchev–Trinajstić information content (AvgIpc) is 3.02. The number of hydrogen-bond acceptors (Lipinski definition) is 5. The summed E-state index contributed by atoms with van der Waals surface area (Å²) in [6, 6.07) is 1.75. The molecule has 0 aromatic carbocycles. The molecule has 6 heteroatoms. The third-order valence-corrected chi connectivity index (χ3v) is 2.97. The topological polar surface area (TPSA) is 69.4 Å². The lowest BCUT2D eigenvalue weighted by Crippen LogP contribution is -2.24. The molecule has 0 aliphatic heterocycles. The van der Waals surface area contributed by atoms with Crippen LogP contribution in [0.15, 0.2) is 18.6 Å². The van der Waals surface area contributed by atoms with Crippen LogP contribution in [0.5, 0.6) is 0 Å². The van der Waals surface area contributed by atoms with E-state index in [0.29, 0.717) is 11.5 Å². The van der Waals surface area contributed by atoms with Crippen molar-refractivity contribution < 1.29 is 9.53 Å². The van der Waals surface area contributed by atoms with E-state index in [1.807, 2.05) is 0 Å². The third kappa shape index (κ3) is 1.07.